The highest BCUT2D eigenvalue weighted by Crippen LogP contribution is 2.50. The highest BCUT2D eigenvalue weighted by atomic mass is 32.2. The second kappa shape index (κ2) is 46.5. The summed E-state index contributed by atoms with van der Waals surface area (Å²) in [6.45, 7) is 12.5. The highest BCUT2D eigenvalue weighted by Gasteiger charge is 2.34. The molecule has 20 aromatic rings. The van der Waals surface area contributed by atoms with Gasteiger partial charge in [0.05, 0.1) is 113 Å². The lowest BCUT2D eigenvalue weighted by molar-refractivity contribution is 0.147. The molecule has 143 heavy (non-hydrogen) atoms. The standard InChI is InChI=1S/C19H21NO2S3.C18H13N3O2S2.C17H13N5OS3.C15H9N7O3S2.C15H16N2OS3.C10H12N4O3S2/c1-12-6-7-16(23-12)14-11-15(22-9-8-21-2)17-13-5-4-10-25(3)19(13)24-18(17)20-14;22-25(12-6-7-12)18-21-15-13(11-4-2-1-3-5-11)10-14(20-17(15)24-18)16-19-8-9-23-16;23-26(9-10-2-3-10)12-8-11-13(14-18-4-1-5-19-14)21-15(22-16(11)25-12)17-20-6-7-24-17;1-2-5-27(23,24)15-8(6-16)10-11(9-3-4-17-21-9)19-12(20-14(10)26-15)13-22-18-7-25-13;1-2-3-4-10-21(18)15-17-12-8-7-11(16-14(12)20-15)13-6-5-9-19-13;1-3-4-19(16)10-14-6-7(17-9(11)15)12-5(2)13-8(6)18-10/h6-7,11H,3-5,8-10H2,1-2H3;1-5,8-10,12H,6-7H2;1,4-8,10H,2-3,9H2;2-4,7H,1,5H2,(H,17,21);5-9H,2-4,10H2,1H3;3-4H2,1-2H3,(H2,11,15). The van der Waals surface area contributed by atoms with Crippen LogP contribution < -0.4 is 15.2 Å². The van der Waals surface area contributed by atoms with Gasteiger partial charge in [-0.15, -0.1) is 84.8 Å². The number of nitrogens with two attached hydrogens (primary N) is 1. The van der Waals surface area contributed by atoms with E-state index in [4.69, 9.17) is 33.8 Å². The minimum Gasteiger partial charge on any atom is -0.490 e. The molecule has 34 nitrogen and oxygen atoms in total. The van der Waals surface area contributed by atoms with Gasteiger partial charge >= 0.3 is 6.09 Å². The number of nitriles is 1. The molecule has 5 atom stereocenters. The zero-order chi connectivity index (χ0) is 99.4. The van der Waals surface area contributed by atoms with E-state index in [0.29, 0.717) is 110 Å². The van der Waals surface area contributed by atoms with Crippen molar-refractivity contribution in [1.29, 1.82) is 5.26 Å². The summed E-state index contributed by atoms with van der Waals surface area (Å²) in [5, 5.41) is 31.0. The predicted molar refractivity (Wildman–Crippen MR) is 571 cm³/mol. The Morgan fingerprint density at radius 3 is 2.13 bits per heavy atom. The zero-order valence-electron chi connectivity index (χ0n) is 76.6. The molecule has 1 aliphatic heterocycles. The number of primary amides is 1. The van der Waals surface area contributed by atoms with E-state index >= 15 is 0 Å². The van der Waals surface area contributed by atoms with Crippen LogP contribution in [0.25, 0.3) is 151 Å². The summed E-state index contributed by atoms with van der Waals surface area (Å²) in [6.07, 6.45) is 22.0. The van der Waals surface area contributed by atoms with Gasteiger partial charge in [-0.1, -0.05) is 109 Å². The molecular weight excluding hydrogens is 2110 g/mol. The zero-order valence-corrected chi connectivity index (χ0v) is 88.9. The highest BCUT2D eigenvalue weighted by molar-refractivity contribution is 8.15. The van der Waals surface area contributed by atoms with Gasteiger partial charge in [0.2, 0.25) is 18.1 Å². The van der Waals surface area contributed by atoms with E-state index in [2.05, 4.69) is 146 Å². The van der Waals surface area contributed by atoms with Gasteiger partial charge in [-0.3, -0.25) is 21.9 Å². The maximum Gasteiger partial charge on any atom is 0.411 e. The molecule has 49 heteroatoms. The SMILES string of the molecule is C=CCS(=O)(=O)c1sc2nc(-c3nnco3)nc(-c3ccn[nH]3)c2c1C#N.C=S1CCCc2c1sc1nc(-c3ccc(C)s3)cc(OCCOC)c21.CCCCCS(=O)c1nc2ccc(-c3cccs3)nc2s1.CCCS(=O)c1nc2c(OC(N)=O)nc(C)nc2s1.O=S(CC1CC1)c1cc2c(-c3ncccn3)nc(-c3nccs3)nc2s1.O=S(c1nc2c(-c3ccccc3)cc(-c3ncco3)nc2s1)C1CC1. The third-order valence-corrected chi connectivity index (χ3v) is 42.2. The van der Waals surface area contributed by atoms with E-state index in [-0.39, 0.29) is 48.9 Å². The number of ether oxygens (including phenoxy) is 3. The molecule has 3 aliphatic rings. The molecule has 0 bridgehead atoms. The van der Waals surface area contributed by atoms with Crippen molar-refractivity contribution in [3.8, 4) is 107 Å². The topological polar surface area (TPSA) is 484 Å². The van der Waals surface area contributed by atoms with Gasteiger partial charge in [-0.25, -0.2) is 88.0 Å². The molecule has 20 heterocycles. The first-order chi connectivity index (χ1) is 69.6. The molecule has 2 saturated carbocycles. The Labute approximate surface area is 865 Å². The van der Waals surface area contributed by atoms with E-state index < -0.39 is 59.1 Å². The monoisotopic (exact) mass is 2190 g/mol. The number of rotatable bonds is 29. The summed E-state index contributed by atoms with van der Waals surface area (Å²) in [6, 6.07) is 33.7. The summed E-state index contributed by atoms with van der Waals surface area (Å²) < 4.78 is 105. The number of aromatic nitrogens is 20. The average Bonchev–Trinajstić information content (AvgIpc) is 1.64. The summed E-state index contributed by atoms with van der Waals surface area (Å²) in [5.74, 6) is 11.0. The van der Waals surface area contributed by atoms with Crippen molar-refractivity contribution in [1.82, 2.24) is 100 Å². The average molecular weight is 2190 g/mol. The van der Waals surface area contributed by atoms with Crippen LogP contribution in [0.4, 0.5) is 4.79 Å². The normalized spacial score (nSPS) is 14.2. The number of fused-ring (bicyclic) bond motifs is 8. The number of unbranched alkanes of at least 4 members (excludes halogenated alkanes) is 2. The molecule has 3 N–H and O–H groups in total. The van der Waals surface area contributed by atoms with E-state index in [1.165, 1.54) is 125 Å². The number of hydrogen-bond donors (Lipinski definition) is 2. The first kappa shape index (κ1) is 101. The van der Waals surface area contributed by atoms with Gasteiger partial charge in [-0.05, 0) is 148 Å². The lowest BCUT2D eigenvalue weighted by Crippen LogP contribution is -2.17. The Morgan fingerprint density at radius 1 is 0.650 bits per heavy atom. The predicted octanol–water partition coefficient (Wildman–Crippen LogP) is 21.5. The first-order valence-corrected chi connectivity index (χ1v) is 60.2. The number of amides is 1. The molecule has 732 valence electrons. The first-order valence-electron chi connectivity index (χ1n) is 44.3. The van der Waals surface area contributed by atoms with Crippen LogP contribution in [0.2, 0.25) is 0 Å². The van der Waals surface area contributed by atoms with Crippen molar-refractivity contribution in [2.45, 2.75) is 123 Å². The van der Waals surface area contributed by atoms with Crippen molar-refractivity contribution in [3.63, 3.8) is 0 Å². The summed E-state index contributed by atoms with van der Waals surface area (Å²) in [4.78, 5) is 89.9. The van der Waals surface area contributed by atoms with Crippen LogP contribution in [0.5, 0.6) is 11.6 Å². The van der Waals surface area contributed by atoms with Crippen molar-refractivity contribution in [2.75, 3.05) is 49.1 Å². The molecular formula is C94H84N22O12S15. The van der Waals surface area contributed by atoms with Gasteiger partial charge < -0.3 is 28.8 Å². The second-order valence-electron chi connectivity index (χ2n) is 31.7. The smallest absolute Gasteiger partial charge is 0.411 e. The van der Waals surface area contributed by atoms with E-state index in [9.17, 15) is 35.3 Å². The number of nitrogens with zero attached hydrogens (tertiary/aromatic N) is 20. The number of nitrogens with one attached hydrogen (secondary N) is 1. The molecule has 0 saturated heterocycles. The minimum absolute atomic E-state index is 0.00555. The Morgan fingerprint density at radius 2 is 1.42 bits per heavy atom. The van der Waals surface area contributed by atoms with E-state index in [1.807, 2.05) is 95.8 Å². The summed E-state index contributed by atoms with van der Waals surface area (Å²) in [5.41, 5.74) is 14.4. The molecule has 19 aromatic heterocycles. The van der Waals surface area contributed by atoms with Crippen LogP contribution in [0, 0.1) is 31.1 Å². The number of sulfone groups is 1. The number of thiazole rings is 4. The number of H-pyrrole nitrogens is 1. The number of oxazole rings is 1. The fraction of sp³-hybridized carbons (Fsp3) is 0.255. The lowest BCUT2D eigenvalue weighted by atomic mass is 10.1. The molecule has 0 radical (unpaired) electrons. The van der Waals surface area contributed by atoms with Gasteiger partial charge in [0.1, 0.15) is 87.0 Å². The van der Waals surface area contributed by atoms with E-state index in [0.717, 1.165) is 147 Å². The van der Waals surface area contributed by atoms with Crippen LogP contribution in [0.1, 0.15) is 93.5 Å². The lowest BCUT2D eigenvalue weighted by Gasteiger charge is -2.16. The number of thiophene rings is 5. The summed E-state index contributed by atoms with van der Waals surface area (Å²) in [7, 11) is -6.14. The van der Waals surface area contributed by atoms with Gasteiger partial charge in [-0.2, -0.15) is 25.8 Å². The number of methoxy groups -OCH3 is 1. The van der Waals surface area contributed by atoms with Crippen LogP contribution in [-0.4, -0.2) is 192 Å². The molecule has 2 fully saturated rings. The van der Waals surface area contributed by atoms with Crippen molar-refractivity contribution >= 4 is 239 Å². The Hall–Kier alpha value is -11.8. The molecule has 2 aliphatic carbocycles. The number of carbonyl (C=O) groups excluding carboxylic acids is 1. The summed E-state index contributed by atoms with van der Waals surface area (Å²) >= 11 is 13.2. The van der Waals surface area contributed by atoms with Crippen LogP contribution in [0.15, 0.2) is 199 Å². The second-order valence-corrected chi connectivity index (χ2v) is 52.2. The number of pyridine rings is 3. The van der Waals surface area contributed by atoms with E-state index in [1.54, 1.807) is 73.6 Å². The number of carbonyl (C=O) groups is 1. The molecule has 1 amide bonds. The van der Waals surface area contributed by atoms with Gasteiger partial charge in [0, 0.05) is 81.7 Å². The number of aromatic amines is 1. The number of aryl methyl sites for hydroxylation is 3. The third kappa shape index (κ3) is 24.0. The fourth-order valence-electron chi connectivity index (χ4n) is 14.4. The number of benzene rings is 1. The third-order valence-electron chi connectivity index (χ3n) is 21.3. The van der Waals surface area contributed by atoms with Crippen LogP contribution >= 0.6 is 113 Å². The van der Waals surface area contributed by atoms with Gasteiger partial charge in [0.25, 0.3) is 11.8 Å². The maximum atomic E-state index is 12.7. The molecule has 0 spiro atoms. The Bertz CT molecular complexity index is 8250. The molecule has 23 rings (SSSR count). The fourth-order valence-corrected chi connectivity index (χ4v) is 32.5. The largest absolute Gasteiger partial charge is 0.490 e. The van der Waals surface area contributed by atoms with Crippen molar-refractivity contribution < 1.29 is 53.1 Å². The van der Waals surface area contributed by atoms with Crippen molar-refractivity contribution in [2.24, 2.45) is 11.7 Å². The molecule has 1 aromatic carbocycles. The molecule has 5 unspecified atom stereocenters. The quantitative estimate of drug-likeness (QED) is 0.0250. The maximum absolute atomic E-state index is 12.7. The van der Waals surface area contributed by atoms with Crippen LogP contribution in [0.3, 0.4) is 0 Å². The Balaban J connectivity index is 0.000000114. The van der Waals surface area contributed by atoms with Crippen molar-refractivity contribution in [3.05, 3.63) is 186 Å². The number of hydrogen-bond acceptors (Lipinski definition) is 41. The Kier molecular flexibility index (Phi) is 32.9. The minimum atomic E-state index is -3.73. The van der Waals surface area contributed by atoms with Crippen LogP contribution in [-0.2, 0) is 64.2 Å². The van der Waals surface area contributed by atoms with Gasteiger partial charge in [0.15, 0.2) is 49.9 Å².